The maximum atomic E-state index is 11.0. The Morgan fingerprint density at radius 3 is 2.70 bits per heavy atom. The molecule has 0 saturated heterocycles. The number of benzene rings is 1. The zero-order valence-electron chi connectivity index (χ0n) is 11.2. The molecule has 1 rings (SSSR count). The van der Waals surface area contributed by atoms with Crippen LogP contribution in [0.15, 0.2) is 18.2 Å². The van der Waals surface area contributed by atoms with Crippen LogP contribution in [-0.4, -0.2) is 49.5 Å². The number of carbonyl (C=O) groups is 1. The van der Waals surface area contributed by atoms with Crippen molar-refractivity contribution in [3.05, 3.63) is 33.9 Å². The van der Waals surface area contributed by atoms with E-state index in [4.69, 9.17) is 14.6 Å². The monoisotopic (exact) mass is 284 g/mol. The van der Waals surface area contributed by atoms with Gasteiger partial charge in [0.2, 0.25) is 0 Å². The number of ether oxygens (including phenoxy) is 2. The zero-order valence-corrected chi connectivity index (χ0v) is 11.2. The van der Waals surface area contributed by atoms with E-state index >= 15 is 0 Å². The third kappa shape index (κ3) is 4.18. The first-order valence-electron chi connectivity index (χ1n) is 5.77. The third-order valence-electron chi connectivity index (χ3n) is 2.65. The predicted molar refractivity (Wildman–Crippen MR) is 71.2 cm³/mol. The van der Waals surface area contributed by atoms with Gasteiger partial charge in [-0.15, -0.1) is 0 Å². The van der Waals surface area contributed by atoms with Crippen molar-refractivity contribution in [2.45, 2.75) is 6.10 Å². The summed E-state index contributed by atoms with van der Waals surface area (Å²) in [5.74, 6) is -1.21. The fraction of sp³-hybridized carbons (Fsp3) is 0.417. The Balaban J connectivity index is 2.89. The summed E-state index contributed by atoms with van der Waals surface area (Å²) in [6.45, 7) is 0.641. The molecular formula is C12H16N2O6. The van der Waals surface area contributed by atoms with Crippen LogP contribution in [0.2, 0.25) is 0 Å². The molecule has 0 spiro atoms. The summed E-state index contributed by atoms with van der Waals surface area (Å²) >= 11 is 0. The van der Waals surface area contributed by atoms with Crippen molar-refractivity contribution in [1.29, 1.82) is 0 Å². The first-order chi connectivity index (χ1) is 9.49. The van der Waals surface area contributed by atoms with Crippen LogP contribution < -0.4 is 5.32 Å². The number of hydrogen-bond acceptors (Lipinski definition) is 6. The van der Waals surface area contributed by atoms with Crippen LogP contribution >= 0.6 is 0 Å². The SMILES string of the molecule is COCC(CNc1ccc(C(=O)O)cc1[N+](=O)[O-])OC. The van der Waals surface area contributed by atoms with Gasteiger partial charge in [0.1, 0.15) is 5.69 Å². The van der Waals surface area contributed by atoms with Gasteiger partial charge in [-0.05, 0) is 12.1 Å². The second kappa shape index (κ2) is 7.41. The Labute approximate surface area is 115 Å². The Morgan fingerprint density at radius 2 is 2.20 bits per heavy atom. The Bertz CT molecular complexity index is 491. The van der Waals surface area contributed by atoms with Crippen molar-refractivity contribution in [1.82, 2.24) is 0 Å². The summed E-state index contributed by atoms with van der Waals surface area (Å²) in [4.78, 5) is 21.1. The van der Waals surface area contributed by atoms with Gasteiger partial charge in [-0.2, -0.15) is 0 Å². The molecule has 8 nitrogen and oxygen atoms in total. The molecule has 0 saturated carbocycles. The predicted octanol–water partition coefficient (Wildman–Crippen LogP) is 1.37. The number of nitro benzene ring substituents is 1. The van der Waals surface area contributed by atoms with E-state index in [1.165, 1.54) is 26.4 Å². The molecule has 2 N–H and O–H groups in total. The van der Waals surface area contributed by atoms with E-state index in [0.29, 0.717) is 13.2 Å². The maximum absolute atomic E-state index is 11.0. The average molecular weight is 284 g/mol. The third-order valence-corrected chi connectivity index (χ3v) is 2.65. The fourth-order valence-electron chi connectivity index (χ4n) is 1.59. The highest BCUT2D eigenvalue weighted by Gasteiger charge is 2.18. The molecular weight excluding hydrogens is 268 g/mol. The molecule has 0 amide bonds. The largest absolute Gasteiger partial charge is 0.478 e. The van der Waals surface area contributed by atoms with Crippen LogP contribution in [-0.2, 0) is 9.47 Å². The quantitative estimate of drug-likeness (QED) is 0.547. The number of nitro groups is 1. The standard InChI is InChI=1S/C12H16N2O6/c1-19-7-9(20-2)6-13-10-4-3-8(12(15)16)5-11(10)14(17)18/h3-5,9,13H,6-7H2,1-2H3,(H,15,16). The number of anilines is 1. The topological polar surface area (TPSA) is 111 Å². The minimum absolute atomic E-state index is 0.137. The van der Waals surface area contributed by atoms with Crippen molar-refractivity contribution in [2.75, 3.05) is 32.7 Å². The normalized spacial score (nSPS) is 11.9. The van der Waals surface area contributed by atoms with Crippen LogP contribution in [0.4, 0.5) is 11.4 Å². The highest BCUT2D eigenvalue weighted by atomic mass is 16.6. The van der Waals surface area contributed by atoms with Gasteiger partial charge in [-0.1, -0.05) is 0 Å². The summed E-state index contributed by atoms with van der Waals surface area (Å²) < 4.78 is 10.1. The summed E-state index contributed by atoms with van der Waals surface area (Å²) in [6, 6.07) is 3.68. The highest BCUT2D eigenvalue weighted by molar-refractivity contribution is 5.89. The van der Waals surface area contributed by atoms with E-state index in [2.05, 4.69) is 5.32 Å². The lowest BCUT2D eigenvalue weighted by Crippen LogP contribution is -2.26. The Morgan fingerprint density at radius 1 is 1.50 bits per heavy atom. The van der Waals surface area contributed by atoms with Gasteiger partial charge in [0.05, 0.1) is 23.2 Å². The van der Waals surface area contributed by atoms with E-state index in [0.717, 1.165) is 6.07 Å². The molecule has 8 heteroatoms. The van der Waals surface area contributed by atoms with Gasteiger partial charge in [0, 0.05) is 26.8 Å². The number of rotatable bonds is 8. The van der Waals surface area contributed by atoms with Gasteiger partial charge in [-0.25, -0.2) is 4.79 Å². The van der Waals surface area contributed by atoms with Crippen LogP contribution in [0.25, 0.3) is 0 Å². The van der Waals surface area contributed by atoms with Crippen molar-refractivity contribution >= 4 is 17.3 Å². The van der Waals surface area contributed by atoms with E-state index < -0.39 is 10.9 Å². The molecule has 1 atom stereocenters. The molecule has 0 aromatic heterocycles. The summed E-state index contributed by atoms with van der Waals surface area (Å²) in [5, 5.41) is 22.6. The number of hydrogen-bond donors (Lipinski definition) is 2. The van der Waals surface area contributed by atoms with Crippen LogP contribution in [0.1, 0.15) is 10.4 Å². The van der Waals surface area contributed by atoms with E-state index in [-0.39, 0.29) is 23.0 Å². The number of methoxy groups -OCH3 is 2. The highest BCUT2D eigenvalue weighted by Crippen LogP contribution is 2.25. The molecule has 110 valence electrons. The smallest absolute Gasteiger partial charge is 0.335 e. The number of nitrogens with zero attached hydrogens (tertiary/aromatic N) is 1. The Kier molecular flexibility index (Phi) is 5.88. The van der Waals surface area contributed by atoms with Crippen LogP contribution in [0.3, 0.4) is 0 Å². The van der Waals surface area contributed by atoms with Gasteiger partial charge in [-0.3, -0.25) is 10.1 Å². The first kappa shape index (κ1) is 15.9. The van der Waals surface area contributed by atoms with Crippen molar-refractivity contribution in [2.24, 2.45) is 0 Å². The molecule has 0 aliphatic heterocycles. The van der Waals surface area contributed by atoms with Gasteiger partial charge in [0.25, 0.3) is 5.69 Å². The van der Waals surface area contributed by atoms with Gasteiger partial charge in [0.15, 0.2) is 0 Å². The molecule has 0 heterocycles. The molecule has 0 fully saturated rings. The summed E-state index contributed by atoms with van der Waals surface area (Å²) in [7, 11) is 3.03. The van der Waals surface area contributed by atoms with Crippen LogP contribution in [0.5, 0.6) is 0 Å². The fourth-order valence-corrected chi connectivity index (χ4v) is 1.59. The molecule has 1 aromatic carbocycles. The molecule has 0 aliphatic rings. The lowest BCUT2D eigenvalue weighted by atomic mass is 10.1. The van der Waals surface area contributed by atoms with E-state index in [1.54, 1.807) is 0 Å². The van der Waals surface area contributed by atoms with E-state index in [1.807, 2.05) is 0 Å². The summed E-state index contributed by atoms with van der Waals surface area (Å²) in [6.07, 6.45) is -0.265. The average Bonchev–Trinajstić information content (AvgIpc) is 2.42. The molecule has 0 radical (unpaired) electrons. The molecule has 1 aromatic rings. The molecule has 0 aliphatic carbocycles. The van der Waals surface area contributed by atoms with Crippen molar-refractivity contribution in [3.63, 3.8) is 0 Å². The van der Waals surface area contributed by atoms with Gasteiger partial charge >= 0.3 is 5.97 Å². The number of carboxylic acids is 1. The van der Waals surface area contributed by atoms with Crippen molar-refractivity contribution < 1.29 is 24.3 Å². The zero-order chi connectivity index (χ0) is 15.1. The maximum Gasteiger partial charge on any atom is 0.335 e. The van der Waals surface area contributed by atoms with Crippen molar-refractivity contribution in [3.8, 4) is 0 Å². The number of carboxylic acid groups (broad SMARTS) is 1. The second-order valence-electron chi connectivity index (χ2n) is 3.99. The first-order valence-corrected chi connectivity index (χ1v) is 5.77. The molecule has 0 bridgehead atoms. The number of aromatic carboxylic acids is 1. The van der Waals surface area contributed by atoms with Crippen LogP contribution in [0, 0.1) is 10.1 Å². The van der Waals surface area contributed by atoms with Gasteiger partial charge < -0.3 is 19.9 Å². The lowest BCUT2D eigenvalue weighted by molar-refractivity contribution is -0.384. The Hall–Kier alpha value is -2.19. The van der Waals surface area contributed by atoms with E-state index in [9.17, 15) is 14.9 Å². The molecule has 20 heavy (non-hydrogen) atoms. The lowest BCUT2D eigenvalue weighted by Gasteiger charge is -2.15. The summed E-state index contributed by atoms with van der Waals surface area (Å²) in [5.41, 5.74) is -0.197. The molecule has 1 unspecified atom stereocenters. The second-order valence-corrected chi connectivity index (χ2v) is 3.99. The number of nitrogens with one attached hydrogen (secondary N) is 1. The minimum Gasteiger partial charge on any atom is -0.478 e. The minimum atomic E-state index is -1.21.